The molecule has 0 saturated heterocycles. The lowest BCUT2D eigenvalue weighted by atomic mass is 10.2. The maximum Gasteiger partial charge on any atom is 0.305 e. The number of aliphatic carboxylic acids is 1. The molecule has 0 fully saturated rings. The van der Waals surface area contributed by atoms with Crippen LogP contribution < -0.4 is 0 Å². The summed E-state index contributed by atoms with van der Waals surface area (Å²) in [5, 5.41) is 8.38. The zero-order chi connectivity index (χ0) is 9.02. The summed E-state index contributed by atoms with van der Waals surface area (Å²) in [6.07, 6.45) is -0.00389. The molecule has 11 heavy (non-hydrogen) atoms. The number of carboxylic acid groups (broad SMARTS) is 1. The molecule has 0 aromatic carbocycles. The molecule has 1 atom stereocenters. The van der Waals surface area contributed by atoms with Gasteiger partial charge in [-0.1, -0.05) is 0 Å². The zero-order valence-electron chi connectivity index (χ0n) is 7.00. The first kappa shape index (κ1) is 9.94. The summed E-state index contributed by atoms with van der Waals surface area (Å²) in [7, 11) is 1.59. The predicted molar refractivity (Wildman–Crippen MR) is 40.2 cm³/mol. The summed E-state index contributed by atoms with van der Waals surface area (Å²) in [6.45, 7) is 3.12. The standard InChI is InChI=1S/C7H13NO3/c1-5(4-7(10)11)8(3)6(2)9/h5H,4H2,1-3H3,(H,10,11)/t5-/m1/s1. The van der Waals surface area contributed by atoms with Gasteiger partial charge in [0.05, 0.1) is 6.42 Å². The third-order valence-electron chi connectivity index (χ3n) is 1.63. The van der Waals surface area contributed by atoms with E-state index in [0.717, 1.165) is 0 Å². The second kappa shape index (κ2) is 3.95. The number of carboxylic acids is 1. The molecular weight excluding hydrogens is 146 g/mol. The predicted octanol–water partition coefficient (Wildman–Crippen LogP) is 0.328. The minimum Gasteiger partial charge on any atom is -0.481 e. The third-order valence-corrected chi connectivity index (χ3v) is 1.63. The van der Waals surface area contributed by atoms with Crippen molar-refractivity contribution in [3.8, 4) is 0 Å². The Morgan fingerprint density at radius 2 is 2.00 bits per heavy atom. The van der Waals surface area contributed by atoms with E-state index < -0.39 is 5.97 Å². The molecule has 64 valence electrons. The topological polar surface area (TPSA) is 57.6 Å². The highest BCUT2D eigenvalue weighted by atomic mass is 16.4. The average molecular weight is 159 g/mol. The summed E-state index contributed by atoms with van der Waals surface area (Å²) >= 11 is 0. The van der Waals surface area contributed by atoms with Crippen molar-refractivity contribution in [3.63, 3.8) is 0 Å². The van der Waals surface area contributed by atoms with Crippen molar-refractivity contribution in [3.05, 3.63) is 0 Å². The molecule has 0 aliphatic rings. The monoisotopic (exact) mass is 159 g/mol. The van der Waals surface area contributed by atoms with Gasteiger partial charge in [0.25, 0.3) is 0 Å². The molecule has 0 spiro atoms. The van der Waals surface area contributed by atoms with Gasteiger partial charge in [-0.15, -0.1) is 0 Å². The Morgan fingerprint density at radius 1 is 1.55 bits per heavy atom. The van der Waals surface area contributed by atoms with Crippen LogP contribution in [0.3, 0.4) is 0 Å². The van der Waals surface area contributed by atoms with Crippen molar-refractivity contribution in [1.29, 1.82) is 0 Å². The lowest BCUT2D eigenvalue weighted by molar-refractivity contribution is -0.139. The molecular formula is C7H13NO3. The highest BCUT2D eigenvalue weighted by molar-refractivity contribution is 5.74. The van der Waals surface area contributed by atoms with E-state index in [1.54, 1.807) is 14.0 Å². The fourth-order valence-corrected chi connectivity index (χ4v) is 0.700. The van der Waals surface area contributed by atoms with Gasteiger partial charge in [0.15, 0.2) is 0 Å². The molecule has 0 aromatic heterocycles. The van der Waals surface area contributed by atoms with Crippen molar-refractivity contribution in [2.24, 2.45) is 0 Å². The van der Waals surface area contributed by atoms with Crippen molar-refractivity contribution < 1.29 is 14.7 Å². The molecule has 0 unspecified atom stereocenters. The third kappa shape index (κ3) is 3.60. The summed E-state index contributed by atoms with van der Waals surface area (Å²) in [6, 6.07) is -0.231. The molecule has 0 aliphatic carbocycles. The van der Waals surface area contributed by atoms with Gasteiger partial charge in [0.2, 0.25) is 5.91 Å². The fourth-order valence-electron chi connectivity index (χ4n) is 0.700. The first-order chi connectivity index (χ1) is 4.95. The number of carbonyl (C=O) groups excluding carboxylic acids is 1. The maximum absolute atomic E-state index is 10.7. The molecule has 0 bridgehead atoms. The Labute approximate surface area is 65.8 Å². The molecule has 4 heteroatoms. The van der Waals surface area contributed by atoms with E-state index in [9.17, 15) is 9.59 Å². The van der Waals surface area contributed by atoms with Gasteiger partial charge < -0.3 is 10.0 Å². The molecule has 0 aliphatic heterocycles. The summed E-state index contributed by atoms with van der Waals surface area (Å²) in [5.74, 6) is -0.996. The number of rotatable bonds is 3. The van der Waals surface area contributed by atoms with Gasteiger partial charge in [-0.05, 0) is 6.92 Å². The molecule has 0 rings (SSSR count). The Hall–Kier alpha value is -1.06. The van der Waals surface area contributed by atoms with Crippen LogP contribution in [-0.2, 0) is 9.59 Å². The number of amides is 1. The Bertz CT molecular complexity index is 167. The normalized spacial score (nSPS) is 12.3. The molecule has 4 nitrogen and oxygen atoms in total. The van der Waals surface area contributed by atoms with Crippen LogP contribution >= 0.6 is 0 Å². The number of hydrogen-bond acceptors (Lipinski definition) is 2. The molecule has 0 heterocycles. The molecule has 0 radical (unpaired) electrons. The second-order valence-electron chi connectivity index (χ2n) is 2.58. The van der Waals surface area contributed by atoms with E-state index in [1.165, 1.54) is 11.8 Å². The first-order valence-corrected chi connectivity index (χ1v) is 3.40. The van der Waals surface area contributed by atoms with Gasteiger partial charge in [-0.2, -0.15) is 0 Å². The van der Waals surface area contributed by atoms with Crippen LogP contribution in [0.4, 0.5) is 0 Å². The first-order valence-electron chi connectivity index (χ1n) is 3.40. The van der Waals surface area contributed by atoms with Crippen LogP contribution in [0.5, 0.6) is 0 Å². The summed E-state index contributed by atoms with van der Waals surface area (Å²) in [4.78, 5) is 22.3. The van der Waals surface area contributed by atoms with Crippen LogP contribution in [0.25, 0.3) is 0 Å². The Morgan fingerprint density at radius 3 is 2.27 bits per heavy atom. The van der Waals surface area contributed by atoms with Crippen molar-refractivity contribution in [1.82, 2.24) is 4.90 Å². The van der Waals surface area contributed by atoms with Gasteiger partial charge >= 0.3 is 5.97 Å². The minimum absolute atomic E-state index is 0.00389. The van der Waals surface area contributed by atoms with Crippen LogP contribution in [-0.4, -0.2) is 35.0 Å². The lowest BCUT2D eigenvalue weighted by Crippen LogP contribution is -2.34. The Kier molecular flexibility index (Phi) is 3.57. The zero-order valence-corrected chi connectivity index (χ0v) is 7.00. The largest absolute Gasteiger partial charge is 0.481 e. The smallest absolute Gasteiger partial charge is 0.305 e. The van der Waals surface area contributed by atoms with E-state index in [2.05, 4.69) is 0 Å². The van der Waals surface area contributed by atoms with Crippen molar-refractivity contribution in [2.75, 3.05) is 7.05 Å². The van der Waals surface area contributed by atoms with Crippen molar-refractivity contribution in [2.45, 2.75) is 26.3 Å². The number of hydrogen-bond donors (Lipinski definition) is 1. The van der Waals surface area contributed by atoms with E-state index in [0.29, 0.717) is 0 Å². The van der Waals surface area contributed by atoms with Gasteiger partial charge in [-0.3, -0.25) is 9.59 Å². The van der Waals surface area contributed by atoms with Gasteiger partial charge in [0, 0.05) is 20.0 Å². The SMILES string of the molecule is CC(=O)N(C)[C@H](C)CC(=O)O. The number of carbonyl (C=O) groups is 2. The van der Waals surface area contributed by atoms with Crippen LogP contribution in [0.2, 0.25) is 0 Å². The van der Waals surface area contributed by atoms with Crippen LogP contribution in [0, 0.1) is 0 Å². The minimum atomic E-state index is -0.884. The quantitative estimate of drug-likeness (QED) is 0.645. The van der Waals surface area contributed by atoms with Crippen LogP contribution in [0.1, 0.15) is 20.3 Å². The molecule has 0 aromatic rings. The Balaban J connectivity index is 3.92. The van der Waals surface area contributed by atoms with E-state index in [-0.39, 0.29) is 18.4 Å². The molecule has 1 N–H and O–H groups in total. The van der Waals surface area contributed by atoms with Crippen molar-refractivity contribution >= 4 is 11.9 Å². The van der Waals surface area contributed by atoms with Gasteiger partial charge in [-0.25, -0.2) is 0 Å². The lowest BCUT2D eigenvalue weighted by Gasteiger charge is -2.21. The second-order valence-corrected chi connectivity index (χ2v) is 2.58. The van der Waals surface area contributed by atoms with E-state index in [1.807, 2.05) is 0 Å². The van der Waals surface area contributed by atoms with Crippen LogP contribution in [0.15, 0.2) is 0 Å². The molecule has 0 saturated carbocycles. The summed E-state index contributed by atoms with van der Waals surface area (Å²) < 4.78 is 0. The van der Waals surface area contributed by atoms with Gasteiger partial charge in [0.1, 0.15) is 0 Å². The highest BCUT2D eigenvalue weighted by Gasteiger charge is 2.14. The maximum atomic E-state index is 10.7. The molecule has 1 amide bonds. The van der Waals surface area contributed by atoms with E-state index >= 15 is 0 Å². The fraction of sp³-hybridized carbons (Fsp3) is 0.714. The number of nitrogens with zero attached hydrogens (tertiary/aromatic N) is 1. The average Bonchev–Trinajstić information content (AvgIpc) is 1.84. The highest BCUT2D eigenvalue weighted by Crippen LogP contribution is 2.00. The van der Waals surface area contributed by atoms with E-state index in [4.69, 9.17) is 5.11 Å². The summed E-state index contributed by atoms with van der Waals surface area (Å²) in [5.41, 5.74) is 0.